The average molecular weight is 480 g/mol. The fourth-order valence-corrected chi connectivity index (χ4v) is 3.88. The first-order valence-electron chi connectivity index (χ1n) is 12.1. The van der Waals surface area contributed by atoms with E-state index in [-0.39, 0.29) is 5.91 Å². The molecule has 0 saturated carbocycles. The highest BCUT2D eigenvalue weighted by Crippen LogP contribution is 2.35. The zero-order valence-electron chi connectivity index (χ0n) is 21.2. The summed E-state index contributed by atoms with van der Waals surface area (Å²) >= 11 is 0. The Kier molecular flexibility index (Phi) is 10.1. The van der Waals surface area contributed by atoms with Gasteiger partial charge in [0, 0.05) is 33.3 Å². The predicted molar refractivity (Wildman–Crippen MR) is 146 cm³/mol. The first-order valence-corrected chi connectivity index (χ1v) is 12.1. The second-order valence-corrected chi connectivity index (χ2v) is 8.48. The van der Waals surface area contributed by atoms with E-state index in [1.165, 1.54) is 16.0 Å². The molecule has 0 heterocycles. The van der Waals surface area contributed by atoms with Crippen molar-refractivity contribution in [1.29, 1.82) is 5.26 Å². The van der Waals surface area contributed by atoms with E-state index in [4.69, 9.17) is 4.74 Å². The van der Waals surface area contributed by atoms with Crippen molar-refractivity contribution in [2.45, 2.75) is 13.3 Å². The Bertz CT molecular complexity index is 1240. The molecule has 0 spiro atoms. The number of benzene rings is 3. The molecule has 0 aliphatic heterocycles. The first-order chi connectivity index (χ1) is 17.5. The number of hydrogen-bond acceptors (Lipinski definition) is 4. The zero-order valence-corrected chi connectivity index (χ0v) is 21.2. The number of amides is 1. The summed E-state index contributed by atoms with van der Waals surface area (Å²) in [5.41, 5.74) is 6.25. The summed E-state index contributed by atoms with van der Waals surface area (Å²) in [6, 6.07) is 28.5. The maximum Gasteiger partial charge on any atom is 0.245 e. The predicted octanol–water partition coefficient (Wildman–Crippen LogP) is 5.54. The van der Waals surface area contributed by atoms with E-state index in [0.29, 0.717) is 25.3 Å². The van der Waals surface area contributed by atoms with E-state index >= 15 is 0 Å². The lowest BCUT2D eigenvalue weighted by molar-refractivity contribution is -0.123. The minimum atomic E-state index is -0.0283. The van der Waals surface area contributed by atoms with Crippen molar-refractivity contribution in [2.24, 2.45) is 0 Å². The van der Waals surface area contributed by atoms with Gasteiger partial charge in [-0.3, -0.25) is 4.79 Å². The molecule has 36 heavy (non-hydrogen) atoms. The van der Waals surface area contributed by atoms with Crippen LogP contribution in [-0.2, 0) is 4.79 Å². The van der Waals surface area contributed by atoms with E-state index in [2.05, 4.69) is 60.8 Å². The molecule has 5 heteroatoms. The van der Waals surface area contributed by atoms with Gasteiger partial charge in [-0.25, -0.2) is 0 Å². The Balaban J connectivity index is 1.75. The van der Waals surface area contributed by atoms with Crippen LogP contribution >= 0.6 is 0 Å². The van der Waals surface area contributed by atoms with Crippen LogP contribution in [0.3, 0.4) is 0 Å². The van der Waals surface area contributed by atoms with Gasteiger partial charge in [0.25, 0.3) is 0 Å². The van der Waals surface area contributed by atoms with Crippen LogP contribution in [0.2, 0.25) is 0 Å². The SMILES string of the molecule is CC/C(=C(/c1ccc(OCCNC/C=C/C(=O)N(C)C)cc1)c1cccc(C#N)c1)c1ccccc1. The zero-order chi connectivity index (χ0) is 25.8. The third kappa shape index (κ3) is 7.43. The van der Waals surface area contributed by atoms with Crippen LogP contribution in [0, 0.1) is 11.3 Å². The van der Waals surface area contributed by atoms with Crippen LogP contribution in [0.15, 0.2) is 91.0 Å². The fraction of sp³-hybridized carbons (Fsp3) is 0.226. The van der Waals surface area contributed by atoms with Crippen molar-refractivity contribution >= 4 is 17.1 Å². The van der Waals surface area contributed by atoms with Gasteiger partial charge in [-0.05, 0) is 58.5 Å². The van der Waals surface area contributed by atoms with Crippen LogP contribution in [0.4, 0.5) is 0 Å². The molecule has 1 amide bonds. The van der Waals surface area contributed by atoms with Gasteiger partial charge in [0.1, 0.15) is 12.4 Å². The minimum Gasteiger partial charge on any atom is -0.492 e. The van der Waals surface area contributed by atoms with E-state index in [1.807, 2.05) is 42.5 Å². The van der Waals surface area contributed by atoms with Gasteiger partial charge < -0.3 is 15.0 Å². The molecule has 1 N–H and O–H groups in total. The van der Waals surface area contributed by atoms with Gasteiger partial charge in [-0.2, -0.15) is 5.26 Å². The fourth-order valence-electron chi connectivity index (χ4n) is 3.88. The number of rotatable bonds is 11. The van der Waals surface area contributed by atoms with Gasteiger partial charge >= 0.3 is 0 Å². The van der Waals surface area contributed by atoms with Crippen LogP contribution in [0.1, 0.15) is 35.6 Å². The monoisotopic (exact) mass is 479 g/mol. The molecule has 0 unspecified atom stereocenters. The summed E-state index contributed by atoms with van der Waals surface area (Å²) in [7, 11) is 3.46. The largest absolute Gasteiger partial charge is 0.492 e. The summed E-state index contributed by atoms with van der Waals surface area (Å²) < 4.78 is 5.90. The van der Waals surface area contributed by atoms with Crippen molar-refractivity contribution in [1.82, 2.24) is 10.2 Å². The molecule has 5 nitrogen and oxygen atoms in total. The molecule has 0 aliphatic carbocycles. The topological polar surface area (TPSA) is 65.4 Å². The number of carbonyl (C=O) groups is 1. The number of nitrogens with zero attached hydrogens (tertiary/aromatic N) is 2. The van der Waals surface area contributed by atoms with Crippen LogP contribution < -0.4 is 10.1 Å². The highest BCUT2D eigenvalue weighted by atomic mass is 16.5. The second-order valence-electron chi connectivity index (χ2n) is 8.48. The van der Waals surface area contributed by atoms with Crippen molar-refractivity contribution in [3.8, 4) is 11.8 Å². The lowest BCUT2D eigenvalue weighted by Crippen LogP contribution is -2.22. The molecule has 0 fully saturated rings. The van der Waals surface area contributed by atoms with E-state index in [1.54, 1.807) is 20.2 Å². The standard InChI is InChI=1S/C31H33N3O2/c1-4-29(25-11-6-5-7-12-25)31(27-13-8-10-24(22-27)23-32)26-15-17-28(18-16-26)36-21-20-33-19-9-14-30(35)34(2)3/h5-18,22,33H,4,19-21H2,1-3H3/b14-9+,31-29+. The molecule has 0 aliphatic rings. The molecular formula is C31H33N3O2. The smallest absolute Gasteiger partial charge is 0.245 e. The molecular weight excluding hydrogens is 446 g/mol. The van der Waals surface area contributed by atoms with Crippen molar-refractivity contribution < 1.29 is 9.53 Å². The van der Waals surface area contributed by atoms with Gasteiger partial charge in [0.05, 0.1) is 11.6 Å². The second kappa shape index (κ2) is 13.7. The average Bonchev–Trinajstić information content (AvgIpc) is 2.92. The molecule has 0 saturated heterocycles. The number of likely N-dealkylation sites (N-methyl/N-ethyl adjacent to an activating group) is 1. The molecule has 0 radical (unpaired) electrons. The number of allylic oxidation sites excluding steroid dienone is 1. The number of carbonyl (C=O) groups excluding carboxylic acids is 1. The third-order valence-corrected chi connectivity index (χ3v) is 5.71. The summed E-state index contributed by atoms with van der Waals surface area (Å²) in [6.45, 7) is 3.96. The minimum absolute atomic E-state index is 0.0283. The van der Waals surface area contributed by atoms with Gasteiger partial charge in [0.2, 0.25) is 5.91 Å². The van der Waals surface area contributed by atoms with Crippen LogP contribution in [0.5, 0.6) is 5.75 Å². The number of hydrogen-bond donors (Lipinski definition) is 1. The summed E-state index contributed by atoms with van der Waals surface area (Å²) in [5.74, 6) is 0.765. The maximum absolute atomic E-state index is 11.5. The van der Waals surface area contributed by atoms with Gasteiger partial charge in [-0.1, -0.05) is 67.6 Å². The lowest BCUT2D eigenvalue weighted by atomic mass is 9.87. The van der Waals surface area contributed by atoms with Crippen molar-refractivity contribution in [3.05, 3.63) is 113 Å². The van der Waals surface area contributed by atoms with Crippen LogP contribution in [-0.4, -0.2) is 44.6 Å². The Hall–Kier alpha value is -4.14. The Morgan fingerprint density at radius 3 is 2.36 bits per heavy atom. The number of nitrogens with one attached hydrogen (secondary N) is 1. The highest BCUT2D eigenvalue weighted by Gasteiger charge is 2.14. The molecule has 3 rings (SSSR count). The van der Waals surface area contributed by atoms with Gasteiger partial charge in [-0.15, -0.1) is 0 Å². The normalized spacial score (nSPS) is 11.6. The molecule has 0 bridgehead atoms. The summed E-state index contributed by atoms with van der Waals surface area (Å²) in [5, 5.41) is 12.7. The number of ether oxygens (including phenoxy) is 1. The first kappa shape index (κ1) is 26.5. The maximum atomic E-state index is 11.5. The Morgan fingerprint density at radius 1 is 0.972 bits per heavy atom. The van der Waals surface area contributed by atoms with E-state index in [0.717, 1.165) is 28.9 Å². The quantitative estimate of drug-likeness (QED) is 0.223. The molecule has 3 aromatic rings. The van der Waals surface area contributed by atoms with E-state index < -0.39 is 0 Å². The molecule has 184 valence electrons. The van der Waals surface area contributed by atoms with Crippen molar-refractivity contribution in [3.63, 3.8) is 0 Å². The Labute approximate surface area is 214 Å². The highest BCUT2D eigenvalue weighted by molar-refractivity contribution is 5.98. The lowest BCUT2D eigenvalue weighted by Gasteiger charge is -2.17. The summed E-state index contributed by atoms with van der Waals surface area (Å²) in [4.78, 5) is 13.1. The van der Waals surface area contributed by atoms with Crippen LogP contribution in [0.25, 0.3) is 11.1 Å². The molecule has 0 atom stereocenters. The van der Waals surface area contributed by atoms with E-state index in [9.17, 15) is 10.1 Å². The van der Waals surface area contributed by atoms with Gasteiger partial charge in [0.15, 0.2) is 0 Å². The summed E-state index contributed by atoms with van der Waals surface area (Å²) in [6.07, 6.45) is 4.23. The Morgan fingerprint density at radius 2 is 1.69 bits per heavy atom. The number of nitriles is 1. The third-order valence-electron chi connectivity index (χ3n) is 5.71. The molecule has 3 aromatic carbocycles. The van der Waals surface area contributed by atoms with Crippen molar-refractivity contribution in [2.75, 3.05) is 33.8 Å². The molecule has 0 aromatic heterocycles.